The van der Waals surface area contributed by atoms with Gasteiger partial charge in [-0.05, 0) is 49.4 Å². The molecular weight excluding hydrogens is 526 g/mol. The van der Waals surface area contributed by atoms with E-state index in [1.807, 2.05) is 28.0 Å². The molecule has 0 aromatic heterocycles. The Morgan fingerprint density at radius 2 is 1.93 bits per heavy atom. The number of benzene rings is 1. The second-order valence-electron chi connectivity index (χ2n) is 11.5. The lowest BCUT2D eigenvalue weighted by molar-refractivity contribution is -0.144. The first kappa shape index (κ1) is 30.8. The minimum absolute atomic E-state index is 0.0301. The molecule has 3 atom stereocenters. The highest BCUT2D eigenvalue weighted by atomic mass is 16.5. The van der Waals surface area contributed by atoms with Crippen molar-refractivity contribution < 1.29 is 29.0 Å². The largest absolute Gasteiger partial charge is 0.493 e. The van der Waals surface area contributed by atoms with Gasteiger partial charge in [0, 0.05) is 64.6 Å². The van der Waals surface area contributed by atoms with Crippen molar-refractivity contribution in [2.24, 2.45) is 11.7 Å². The molecule has 0 unspecified atom stereocenters. The highest BCUT2D eigenvalue weighted by Gasteiger charge is 2.48. The van der Waals surface area contributed by atoms with Crippen molar-refractivity contribution in [3.05, 3.63) is 29.3 Å². The van der Waals surface area contributed by atoms with Gasteiger partial charge >= 0.3 is 12.0 Å². The molecule has 0 spiro atoms. The van der Waals surface area contributed by atoms with E-state index in [1.54, 1.807) is 7.05 Å². The Morgan fingerprint density at radius 3 is 2.66 bits per heavy atom. The number of hydrogen-bond donors (Lipinski definition) is 2. The van der Waals surface area contributed by atoms with Crippen LogP contribution in [0, 0.1) is 5.92 Å². The average molecular weight is 572 g/mol. The number of ether oxygens (including phenoxy) is 1. The van der Waals surface area contributed by atoms with Crippen LogP contribution in [0.2, 0.25) is 0 Å². The minimum Gasteiger partial charge on any atom is -0.493 e. The fourth-order valence-corrected chi connectivity index (χ4v) is 6.35. The van der Waals surface area contributed by atoms with Gasteiger partial charge in [-0.15, -0.1) is 0 Å². The fraction of sp³-hybridized carbons (Fsp3) is 0.667. The third-order valence-corrected chi connectivity index (χ3v) is 8.70. The number of unbranched alkanes of at least 4 members (excludes halogenated alkanes) is 2. The maximum absolute atomic E-state index is 13.6. The van der Waals surface area contributed by atoms with Crippen LogP contribution in [0.25, 0.3) is 0 Å². The zero-order chi connectivity index (χ0) is 29.5. The summed E-state index contributed by atoms with van der Waals surface area (Å²) >= 11 is 0. The highest BCUT2D eigenvalue weighted by Crippen LogP contribution is 2.41. The molecule has 2 fully saturated rings. The number of carbonyl (C=O) groups excluding carboxylic acids is 3. The van der Waals surface area contributed by atoms with E-state index in [0.29, 0.717) is 39.3 Å². The summed E-state index contributed by atoms with van der Waals surface area (Å²) in [5.41, 5.74) is 7.66. The number of nitrogens with zero attached hydrogens (tertiary/aromatic N) is 4. The molecular formula is C30H45N5O6. The molecule has 4 rings (SSSR count). The lowest BCUT2D eigenvalue weighted by Crippen LogP contribution is -2.52. The molecule has 1 aromatic carbocycles. The second-order valence-corrected chi connectivity index (χ2v) is 11.5. The summed E-state index contributed by atoms with van der Waals surface area (Å²) < 4.78 is 5.66. The lowest BCUT2D eigenvalue weighted by Gasteiger charge is -2.34. The maximum atomic E-state index is 13.6. The average Bonchev–Trinajstić information content (AvgIpc) is 3.57. The predicted molar refractivity (Wildman–Crippen MR) is 154 cm³/mol. The Balaban J connectivity index is 1.59. The van der Waals surface area contributed by atoms with Crippen molar-refractivity contribution in [3.63, 3.8) is 0 Å². The maximum Gasteiger partial charge on any atom is 0.326 e. The number of aliphatic carboxylic acids is 1. The summed E-state index contributed by atoms with van der Waals surface area (Å²) in [6.07, 6.45) is 4.81. The van der Waals surface area contributed by atoms with Crippen LogP contribution < -0.4 is 10.5 Å². The van der Waals surface area contributed by atoms with Gasteiger partial charge < -0.3 is 25.4 Å². The van der Waals surface area contributed by atoms with Gasteiger partial charge in [-0.25, -0.2) is 4.79 Å². The van der Waals surface area contributed by atoms with E-state index < -0.39 is 17.9 Å². The van der Waals surface area contributed by atoms with Crippen LogP contribution in [-0.4, -0.2) is 114 Å². The van der Waals surface area contributed by atoms with Gasteiger partial charge in [0.2, 0.25) is 11.8 Å². The van der Waals surface area contributed by atoms with Crippen molar-refractivity contribution in [3.8, 4) is 5.75 Å². The van der Waals surface area contributed by atoms with Crippen molar-refractivity contribution in [1.82, 2.24) is 19.6 Å². The summed E-state index contributed by atoms with van der Waals surface area (Å²) in [5.74, 6) is -1.52. The molecule has 2 saturated heterocycles. The molecule has 4 amide bonds. The SMILES string of the molecule is CCCCN(CCCCN)C(=O)CN1C[C@H](c2ccc3c(c2)CCO3)[C@@H](C(=O)O)[C@@H]1CCN1C(=O)CCN(C)C1=O. The number of carbonyl (C=O) groups is 4. The smallest absolute Gasteiger partial charge is 0.326 e. The summed E-state index contributed by atoms with van der Waals surface area (Å²) in [6.45, 7) is 5.52. The second kappa shape index (κ2) is 14.1. The predicted octanol–water partition coefficient (Wildman–Crippen LogP) is 2.13. The van der Waals surface area contributed by atoms with E-state index in [9.17, 15) is 24.3 Å². The minimum atomic E-state index is -0.939. The Morgan fingerprint density at radius 1 is 1.15 bits per heavy atom. The Kier molecular flexibility index (Phi) is 10.6. The number of carboxylic acids is 1. The first-order valence-electron chi connectivity index (χ1n) is 15.0. The number of hydrogen-bond acceptors (Lipinski definition) is 7. The molecule has 0 aliphatic carbocycles. The van der Waals surface area contributed by atoms with Gasteiger partial charge in [0.25, 0.3) is 0 Å². The van der Waals surface area contributed by atoms with Crippen LogP contribution in [0.5, 0.6) is 5.75 Å². The zero-order valence-corrected chi connectivity index (χ0v) is 24.4. The number of fused-ring (bicyclic) bond motifs is 1. The van der Waals surface area contributed by atoms with Crippen LogP contribution in [0.3, 0.4) is 0 Å². The Labute approximate surface area is 242 Å². The molecule has 0 bridgehead atoms. The Bertz CT molecular complexity index is 1110. The lowest BCUT2D eigenvalue weighted by atomic mass is 9.83. The van der Waals surface area contributed by atoms with Crippen LogP contribution in [0.1, 0.15) is 62.5 Å². The van der Waals surface area contributed by atoms with Crippen LogP contribution in [0.15, 0.2) is 18.2 Å². The Hall–Kier alpha value is -3.18. The van der Waals surface area contributed by atoms with Crippen LogP contribution in [0.4, 0.5) is 4.79 Å². The molecule has 3 heterocycles. The quantitative estimate of drug-likeness (QED) is 0.324. The molecule has 11 heteroatoms. The highest BCUT2D eigenvalue weighted by molar-refractivity contribution is 5.96. The number of urea groups is 1. The number of nitrogens with two attached hydrogens (primary N) is 1. The van der Waals surface area contributed by atoms with E-state index in [-0.39, 0.29) is 49.7 Å². The van der Waals surface area contributed by atoms with Gasteiger partial charge in [0.15, 0.2) is 0 Å². The van der Waals surface area contributed by atoms with E-state index in [0.717, 1.165) is 49.0 Å². The van der Waals surface area contributed by atoms with Crippen molar-refractivity contribution >= 4 is 23.8 Å². The summed E-state index contributed by atoms with van der Waals surface area (Å²) in [4.78, 5) is 58.4. The summed E-state index contributed by atoms with van der Waals surface area (Å²) in [5, 5.41) is 10.5. The third-order valence-electron chi connectivity index (χ3n) is 8.70. The van der Waals surface area contributed by atoms with Crippen molar-refractivity contribution in [2.45, 2.75) is 63.8 Å². The van der Waals surface area contributed by atoms with Crippen LogP contribution in [-0.2, 0) is 20.8 Å². The molecule has 11 nitrogen and oxygen atoms in total. The summed E-state index contributed by atoms with van der Waals surface area (Å²) in [7, 11) is 1.66. The molecule has 1 aromatic rings. The van der Waals surface area contributed by atoms with Gasteiger partial charge in [-0.3, -0.25) is 24.2 Å². The van der Waals surface area contributed by atoms with E-state index in [4.69, 9.17) is 10.5 Å². The van der Waals surface area contributed by atoms with Gasteiger partial charge in [-0.2, -0.15) is 0 Å². The molecule has 226 valence electrons. The fourth-order valence-electron chi connectivity index (χ4n) is 6.35. The van der Waals surface area contributed by atoms with E-state index >= 15 is 0 Å². The molecule has 3 N–H and O–H groups in total. The van der Waals surface area contributed by atoms with Crippen molar-refractivity contribution in [2.75, 3.05) is 59.5 Å². The van der Waals surface area contributed by atoms with Gasteiger partial charge in [0.1, 0.15) is 5.75 Å². The monoisotopic (exact) mass is 571 g/mol. The van der Waals surface area contributed by atoms with Crippen molar-refractivity contribution in [1.29, 1.82) is 0 Å². The number of carboxylic acid groups (broad SMARTS) is 1. The number of rotatable bonds is 14. The normalized spacial score (nSPS) is 22.7. The first-order valence-corrected chi connectivity index (χ1v) is 15.0. The topological polar surface area (TPSA) is 137 Å². The summed E-state index contributed by atoms with van der Waals surface area (Å²) in [6, 6.07) is 4.99. The number of amides is 4. The number of likely N-dealkylation sites (tertiary alicyclic amines) is 1. The first-order chi connectivity index (χ1) is 19.7. The third kappa shape index (κ3) is 7.19. The van der Waals surface area contributed by atoms with Crippen LogP contribution >= 0.6 is 0 Å². The molecule has 0 radical (unpaired) electrons. The molecule has 3 aliphatic heterocycles. The standard InChI is InChI=1S/C30H45N5O6/c1-3-4-13-33(14-6-5-12-31)27(37)20-34-19-23(21-7-8-25-22(18-21)11-17-41-25)28(29(38)39)24(34)9-16-35-26(36)10-15-32(2)30(35)40/h7-8,18,23-24,28H,3-6,9-17,19-20,31H2,1-2H3,(H,38,39)/t23-,24+,28-/m1/s1. The molecule has 0 saturated carbocycles. The van der Waals surface area contributed by atoms with Gasteiger partial charge in [-0.1, -0.05) is 25.5 Å². The van der Waals surface area contributed by atoms with Gasteiger partial charge in [0.05, 0.1) is 19.1 Å². The zero-order valence-electron chi connectivity index (χ0n) is 24.4. The molecule has 3 aliphatic rings. The van der Waals surface area contributed by atoms with E-state index in [2.05, 4.69) is 6.92 Å². The number of imide groups is 1. The molecule has 41 heavy (non-hydrogen) atoms. The van der Waals surface area contributed by atoms with E-state index in [1.165, 1.54) is 9.80 Å².